The second-order valence-corrected chi connectivity index (χ2v) is 8.60. The lowest BCUT2D eigenvalue weighted by atomic mass is 10.1. The number of nitrogen functional groups attached to an aromatic ring is 1. The molecule has 8 heteroatoms. The van der Waals surface area contributed by atoms with Crippen LogP contribution in [-0.4, -0.2) is 26.5 Å². The molecule has 0 saturated heterocycles. The molecule has 6 nitrogen and oxygen atoms in total. The van der Waals surface area contributed by atoms with E-state index in [4.69, 9.17) is 5.84 Å². The number of carbonyl (C=O) groups is 1. The van der Waals surface area contributed by atoms with Gasteiger partial charge in [0, 0.05) is 16.6 Å². The van der Waals surface area contributed by atoms with Crippen LogP contribution in [0, 0.1) is 0 Å². The van der Waals surface area contributed by atoms with Crippen molar-refractivity contribution < 1.29 is 4.79 Å². The number of amides is 1. The van der Waals surface area contributed by atoms with Crippen molar-refractivity contribution in [1.82, 2.24) is 14.9 Å². The van der Waals surface area contributed by atoms with Crippen molar-refractivity contribution in [1.29, 1.82) is 0 Å². The van der Waals surface area contributed by atoms with Gasteiger partial charge in [0.25, 0.3) is 0 Å². The maximum Gasteiger partial charge on any atom is 0.234 e. The largest absolute Gasteiger partial charge is 0.336 e. The minimum atomic E-state index is -0.0830. The number of nitrogens with two attached hydrogens (primary N) is 1. The fourth-order valence-electron chi connectivity index (χ4n) is 3.29. The molecule has 1 heterocycles. The fourth-order valence-corrected chi connectivity index (χ4v) is 4.23. The van der Waals surface area contributed by atoms with Crippen LogP contribution >= 0.6 is 27.7 Å². The molecule has 1 aliphatic carbocycles. The smallest absolute Gasteiger partial charge is 0.234 e. The molecule has 1 amide bonds. The molecule has 0 unspecified atom stereocenters. The van der Waals surface area contributed by atoms with Gasteiger partial charge in [0.2, 0.25) is 11.1 Å². The van der Waals surface area contributed by atoms with E-state index < -0.39 is 0 Å². The Kier molecular flexibility index (Phi) is 5.68. The molecule has 3 aromatic rings. The molecule has 2 aromatic carbocycles. The molecule has 0 saturated carbocycles. The number of halogens is 1. The third kappa shape index (κ3) is 4.39. The Balaban J connectivity index is 1.34. The number of nitrogens with one attached hydrogen (secondary N) is 1. The first-order valence-corrected chi connectivity index (χ1v) is 10.8. The highest BCUT2D eigenvalue weighted by Gasteiger charge is 2.14. The van der Waals surface area contributed by atoms with Gasteiger partial charge in [-0.15, -0.1) is 10.2 Å². The summed E-state index contributed by atoms with van der Waals surface area (Å²) in [6.07, 6.45) is 4.00. The van der Waals surface area contributed by atoms with Crippen LogP contribution in [-0.2, 0) is 24.1 Å². The van der Waals surface area contributed by atoms with E-state index in [9.17, 15) is 4.79 Å². The number of thioether (sulfide) groups is 1. The van der Waals surface area contributed by atoms with Crippen LogP contribution in [0.2, 0.25) is 0 Å². The van der Waals surface area contributed by atoms with Crippen molar-refractivity contribution in [3.63, 3.8) is 0 Å². The molecule has 144 valence electrons. The number of anilines is 1. The minimum absolute atomic E-state index is 0.0830. The molecule has 4 rings (SSSR count). The monoisotopic (exact) mass is 457 g/mol. The summed E-state index contributed by atoms with van der Waals surface area (Å²) in [6.45, 7) is 0. The zero-order valence-corrected chi connectivity index (χ0v) is 17.6. The van der Waals surface area contributed by atoms with E-state index in [1.165, 1.54) is 34.0 Å². The van der Waals surface area contributed by atoms with Crippen LogP contribution in [0.4, 0.5) is 5.69 Å². The van der Waals surface area contributed by atoms with Crippen molar-refractivity contribution in [2.75, 3.05) is 16.9 Å². The lowest BCUT2D eigenvalue weighted by molar-refractivity contribution is -0.113. The second kappa shape index (κ2) is 8.36. The summed E-state index contributed by atoms with van der Waals surface area (Å²) in [5.41, 5.74) is 4.66. The maximum atomic E-state index is 12.3. The fraction of sp³-hybridized carbons (Fsp3) is 0.250. The van der Waals surface area contributed by atoms with Crippen LogP contribution < -0.4 is 11.2 Å². The highest BCUT2D eigenvalue weighted by molar-refractivity contribution is 9.10. The quantitative estimate of drug-likeness (QED) is 0.436. The SMILES string of the molecule is Nn1c(Cc2ccc(Br)cc2)nnc1SCC(=O)Nc1ccc2c(c1)CCC2. The second-order valence-electron chi connectivity index (χ2n) is 6.75. The summed E-state index contributed by atoms with van der Waals surface area (Å²) >= 11 is 4.70. The lowest BCUT2D eigenvalue weighted by Crippen LogP contribution is -2.17. The van der Waals surface area contributed by atoms with E-state index >= 15 is 0 Å². The Morgan fingerprint density at radius 1 is 1.14 bits per heavy atom. The van der Waals surface area contributed by atoms with Gasteiger partial charge >= 0.3 is 0 Å². The van der Waals surface area contributed by atoms with Crippen molar-refractivity contribution in [2.45, 2.75) is 30.8 Å². The number of aryl methyl sites for hydroxylation is 2. The number of nitrogens with zero attached hydrogens (tertiary/aromatic N) is 3. The Hall–Kier alpha value is -2.32. The number of hydrogen-bond acceptors (Lipinski definition) is 5. The third-order valence-electron chi connectivity index (χ3n) is 4.73. The van der Waals surface area contributed by atoms with Gasteiger partial charge in [-0.3, -0.25) is 4.79 Å². The van der Waals surface area contributed by atoms with E-state index in [2.05, 4.69) is 43.6 Å². The zero-order chi connectivity index (χ0) is 19.5. The van der Waals surface area contributed by atoms with Gasteiger partial charge in [-0.1, -0.05) is 45.9 Å². The molecule has 1 aliphatic rings. The Morgan fingerprint density at radius 2 is 1.93 bits per heavy atom. The van der Waals surface area contributed by atoms with E-state index in [1.54, 1.807) is 0 Å². The molecule has 3 N–H and O–H groups in total. The molecule has 1 aromatic heterocycles. The van der Waals surface area contributed by atoms with Crippen molar-refractivity contribution in [3.8, 4) is 0 Å². The average molecular weight is 458 g/mol. The number of aromatic nitrogens is 3. The molecule has 0 spiro atoms. The third-order valence-corrected chi connectivity index (χ3v) is 6.20. The van der Waals surface area contributed by atoms with Crippen LogP contribution in [0.15, 0.2) is 52.1 Å². The van der Waals surface area contributed by atoms with E-state index in [1.807, 2.05) is 30.3 Å². The van der Waals surface area contributed by atoms with Gasteiger partial charge in [0.15, 0.2) is 5.82 Å². The number of fused-ring (bicyclic) bond motifs is 1. The first-order valence-electron chi connectivity index (χ1n) is 9.07. The van der Waals surface area contributed by atoms with Gasteiger partial charge < -0.3 is 11.2 Å². The van der Waals surface area contributed by atoms with Crippen molar-refractivity contribution in [3.05, 3.63) is 69.5 Å². The summed E-state index contributed by atoms with van der Waals surface area (Å²) < 4.78 is 2.48. The summed E-state index contributed by atoms with van der Waals surface area (Å²) in [7, 11) is 0. The highest BCUT2D eigenvalue weighted by Crippen LogP contribution is 2.25. The number of rotatable bonds is 6. The van der Waals surface area contributed by atoms with Crippen molar-refractivity contribution in [2.24, 2.45) is 0 Å². The Bertz CT molecular complexity index is 1000. The standard InChI is InChI=1S/C20H20BrN5OS/c21-16-7-4-13(5-8-16)10-18-24-25-20(26(18)22)28-12-19(27)23-17-9-6-14-2-1-3-15(14)11-17/h4-9,11H,1-3,10,12,22H2,(H,23,27). The van der Waals surface area contributed by atoms with Crippen LogP contribution in [0.25, 0.3) is 0 Å². The molecule has 28 heavy (non-hydrogen) atoms. The molecule has 0 radical (unpaired) electrons. The summed E-state index contributed by atoms with van der Waals surface area (Å²) in [4.78, 5) is 12.3. The molecule has 0 bridgehead atoms. The molecular weight excluding hydrogens is 438 g/mol. The van der Waals surface area contributed by atoms with Gasteiger partial charge in [0.1, 0.15) is 0 Å². The molecular formula is C20H20BrN5OS. The minimum Gasteiger partial charge on any atom is -0.336 e. The average Bonchev–Trinajstić information content (AvgIpc) is 3.29. The normalized spacial score (nSPS) is 12.8. The van der Waals surface area contributed by atoms with Crippen molar-refractivity contribution >= 4 is 39.3 Å². The topological polar surface area (TPSA) is 85.8 Å². The van der Waals surface area contributed by atoms with E-state index in [0.29, 0.717) is 17.4 Å². The van der Waals surface area contributed by atoms with Gasteiger partial charge in [-0.25, -0.2) is 4.68 Å². The highest BCUT2D eigenvalue weighted by atomic mass is 79.9. The number of hydrogen-bond donors (Lipinski definition) is 2. The van der Waals surface area contributed by atoms with Gasteiger partial charge in [-0.2, -0.15) is 0 Å². The van der Waals surface area contributed by atoms with E-state index in [-0.39, 0.29) is 11.7 Å². The number of benzene rings is 2. The van der Waals surface area contributed by atoms with E-state index in [0.717, 1.165) is 28.6 Å². The molecule has 0 fully saturated rings. The molecule has 0 atom stereocenters. The number of carbonyl (C=O) groups excluding carboxylic acids is 1. The van der Waals surface area contributed by atoms with Gasteiger partial charge in [-0.05, 0) is 60.2 Å². The predicted molar refractivity (Wildman–Crippen MR) is 115 cm³/mol. The predicted octanol–water partition coefficient (Wildman–Crippen LogP) is 3.56. The van der Waals surface area contributed by atoms with Crippen LogP contribution in [0.3, 0.4) is 0 Å². The summed E-state index contributed by atoms with van der Waals surface area (Å²) in [5.74, 6) is 6.91. The van der Waals surface area contributed by atoms with Gasteiger partial charge in [0.05, 0.1) is 5.75 Å². The Morgan fingerprint density at radius 3 is 2.75 bits per heavy atom. The lowest BCUT2D eigenvalue weighted by Gasteiger charge is -2.07. The summed E-state index contributed by atoms with van der Waals surface area (Å²) in [5, 5.41) is 11.8. The van der Waals surface area contributed by atoms with Crippen LogP contribution in [0.5, 0.6) is 0 Å². The zero-order valence-electron chi connectivity index (χ0n) is 15.2. The first kappa shape index (κ1) is 19.0. The summed E-state index contributed by atoms with van der Waals surface area (Å²) in [6, 6.07) is 14.1. The molecule has 0 aliphatic heterocycles. The first-order chi connectivity index (χ1) is 13.6. The van der Waals surface area contributed by atoms with Crippen LogP contribution in [0.1, 0.15) is 28.9 Å². The maximum absolute atomic E-state index is 12.3. The Labute approximate surface area is 176 Å².